The minimum Gasteiger partial charge on any atom is -0.334 e. The molecule has 3 rings (SSSR count). The summed E-state index contributed by atoms with van der Waals surface area (Å²) in [5.74, 6) is -0.664. The molecule has 0 radical (unpaired) electrons. The van der Waals surface area contributed by atoms with Crippen molar-refractivity contribution in [3.8, 4) is 0 Å². The molecule has 1 atom stereocenters. The van der Waals surface area contributed by atoms with Crippen LogP contribution < -0.4 is 11.3 Å². The second-order valence-corrected chi connectivity index (χ2v) is 5.62. The molecule has 1 aliphatic rings. The fourth-order valence-corrected chi connectivity index (χ4v) is 3.08. The average Bonchev–Trinajstić information content (AvgIpc) is 2.52. The van der Waals surface area contributed by atoms with Crippen LogP contribution in [0.2, 0.25) is 0 Å². The third-order valence-corrected chi connectivity index (χ3v) is 4.20. The van der Waals surface area contributed by atoms with Crippen LogP contribution in [0.3, 0.4) is 0 Å². The van der Waals surface area contributed by atoms with E-state index >= 15 is 0 Å². The van der Waals surface area contributed by atoms with Gasteiger partial charge in [0.25, 0.3) is 5.91 Å². The van der Waals surface area contributed by atoms with Gasteiger partial charge in [0.05, 0.1) is 11.1 Å². The Hall–Kier alpha value is -1.92. The molecule has 0 saturated carbocycles. The van der Waals surface area contributed by atoms with Gasteiger partial charge in [-0.15, -0.1) is 12.4 Å². The predicted octanol–water partition coefficient (Wildman–Crippen LogP) is 2.04. The Balaban J connectivity index is 0.00000192. The van der Waals surface area contributed by atoms with Crippen LogP contribution >= 0.6 is 12.4 Å². The monoisotopic (exact) mass is 339 g/mol. The molecular weight excluding hydrogens is 321 g/mol. The molecule has 1 amide bonds. The zero-order chi connectivity index (χ0) is 15.7. The number of halogens is 2. The van der Waals surface area contributed by atoms with Crippen LogP contribution in [0.4, 0.5) is 4.39 Å². The number of nitrogens with two attached hydrogens (primary N) is 1. The lowest BCUT2D eigenvalue weighted by molar-refractivity contribution is 0.0625. The van der Waals surface area contributed by atoms with E-state index in [2.05, 4.69) is 4.98 Å². The van der Waals surface area contributed by atoms with E-state index in [1.165, 1.54) is 24.3 Å². The number of H-pyrrole nitrogens is 1. The second-order valence-electron chi connectivity index (χ2n) is 5.62. The molecule has 23 heavy (non-hydrogen) atoms. The molecule has 1 aromatic carbocycles. The number of hydrogen-bond acceptors (Lipinski definition) is 3. The van der Waals surface area contributed by atoms with Crippen molar-refractivity contribution in [2.24, 2.45) is 5.73 Å². The van der Waals surface area contributed by atoms with Gasteiger partial charge in [-0.05, 0) is 37.5 Å². The number of amides is 1. The topological polar surface area (TPSA) is 79.2 Å². The first-order valence-electron chi connectivity index (χ1n) is 7.44. The normalized spacial score (nSPS) is 17.8. The number of rotatable bonds is 2. The van der Waals surface area contributed by atoms with Gasteiger partial charge in [-0.25, -0.2) is 4.39 Å². The summed E-state index contributed by atoms with van der Waals surface area (Å²) < 4.78 is 13.3. The third kappa shape index (κ3) is 3.38. The first-order chi connectivity index (χ1) is 10.6. The molecule has 0 spiro atoms. The largest absolute Gasteiger partial charge is 0.334 e. The fraction of sp³-hybridized carbons (Fsp3) is 0.375. The number of carbonyl (C=O) groups is 1. The number of likely N-dealkylation sites (tertiary alicyclic amines) is 1. The Morgan fingerprint density at radius 3 is 2.87 bits per heavy atom. The standard InChI is InChI=1S/C16H18FN3O2.ClH/c17-10-4-5-12-13(8-15(21)19-14(12)7-10)16(22)20-6-2-1-3-11(20)9-18;/h4-5,7-8,11H,1-3,6,9,18H2,(H,19,21);1H. The SMILES string of the molecule is Cl.NCC1CCCCN1C(=O)c1cc(=O)[nH]c2cc(F)ccc12. The average molecular weight is 340 g/mol. The van der Waals surface area contributed by atoms with Crippen LogP contribution in [0, 0.1) is 5.82 Å². The van der Waals surface area contributed by atoms with Gasteiger partial charge in [-0.2, -0.15) is 0 Å². The number of fused-ring (bicyclic) bond motifs is 1. The molecular formula is C16H19ClFN3O2. The van der Waals surface area contributed by atoms with E-state index < -0.39 is 11.4 Å². The lowest BCUT2D eigenvalue weighted by atomic mass is 10.00. The Labute approximate surface area is 139 Å². The van der Waals surface area contributed by atoms with Gasteiger partial charge in [0.2, 0.25) is 5.56 Å². The molecule has 5 nitrogen and oxygen atoms in total. The number of pyridine rings is 1. The lowest BCUT2D eigenvalue weighted by Crippen LogP contribution is -2.47. The van der Waals surface area contributed by atoms with Crippen molar-refractivity contribution in [1.82, 2.24) is 9.88 Å². The van der Waals surface area contributed by atoms with Crippen LogP contribution in [0.15, 0.2) is 29.1 Å². The van der Waals surface area contributed by atoms with Gasteiger partial charge < -0.3 is 15.6 Å². The van der Waals surface area contributed by atoms with Gasteiger partial charge in [0.15, 0.2) is 0 Å². The molecule has 0 bridgehead atoms. The van der Waals surface area contributed by atoms with Crippen molar-refractivity contribution in [2.75, 3.05) is 13.1 Å². The number of aromatic nitrogens is 1. The van der Waals surface area contributed by atoms with Gasteiger partial charge >= 0.3 is 0 Å². The number of aromatic amines is 1. The van der Waals surface area contributed by atoms with Crippen LogP contribution in [-0.4, -0.2) is 34.9 Å². The third-order valence-electron chi connectivity index (χ3n) is 4.20. The molecule has 1 unspecified atom stereocenters. The van der Waals surface area contributed by atoms with Gasteiger partial charge in [-0.1, -0.05) is 0 Å². The van der Waals surface area contributed by atoms with Crippen molar-refractivity contribution < 1.29 is 9.18 Å². The van der Waals surface area contributed by atoms with Crippen molar-refractivity contribution in [1.29, 1.82) is 0 Å². The number of hydrogen-bond donors (Lipinski definition) is 2. The molecule has 0 aliphatic carbocycles. The van der Waals surface area contributed by atoms with Crippen LogP contribution in [-0.2, 0) is 0 Å². The molecule has 2 heterocycles. The van der Waals surface area contributed by atoms with Gasteiger partial charge in [0.1, 0.15) is 5.82 Å². The van der Waals surface area contributed by atoms with Crippen molar-refractivity contribution >= 4 is 29.2 Å². The number of nitrogens with one attached hydrogen (secondary N) is 1. The summed E-state index contributed by atoms with van der Waals surface area (Å²) in [6.45, 7) is 1.04. The fourth-order valence-electron chi connectivity index (χ4n) is 3.08. The summed E-state index contributed by atoms with van der Waals surface area (Å²) in [5, 5.41) is 0.548. The summed E-state index contributed by atoms with van der Waals surface area (Å²) in [6.07, 6.45) is 2.85. The van der Waals surface area contributed by atoms with Crippen LogP contribution in [0.25, 0.3) is 10.9 Å². The maximum Gasteiger partial charge on any atom is 0.255 e. The van der Waals surface area contributed by atoms with E-state index in [-0.39, 0.29) is 24.4 Å². The molecule has 3 N–H and O–H groups in total. The lowest BCUT2D eigenvalue weighted by Gasteiger charge is -2.35. The Bertz CT molecular complexity index is 777. The maximum atomic E-state index is 13.3. The number of piperidine rings is 1. The molecule has 1 aromatic heterocycles. The summed E-state index contributed by atoms with van der Waals surface area (Å²) in [4.78, 5) is 28.9. The van der Waals surface area contributed by atoms with E-state index in [9.17, 15) is 14.0 Å². The summed E-state index contributed by atoms with van der Waals surface area (Å²) in [6, 6.07) is 5.31. The zero-order valence-electron chi connectivity index (χ0n) is 12.5. The smallest absolute Gasteiger partial charge is 0.255 e. The van der Waals surface area contributed by atoms with E-state index in [0.717, 1.165) is 19.3 Å². The molecule has 1 saturated heterocycles. The number of carbonyl (C=O) groups excluding carboxylic acids is 1. The second kappa shape index (κ2) is 7.10. The van der Waals surface area contributed by atoms with Crippen LogP contribution in [0.5, 0.6) is 0 Å². The molecule has 1 aliphatic heterocycles. The highest BCUT2D eigenvalue weighted by Gasteiger charge is 2.27. The van der Waals surface area contributed by atoms with E-state index in [0.29, 0.717) is 29.6 Å². The van der Waals surface area contributed by atoms with E-state index in [1.807, 2.05) is 0 Å². The van der Waals surface area contributed by atoms with Crippen LogP contribution in [0.1, 0.15) is 29.6 Å². The Morgan fingerprint density at radius 1 is 1.35 bits per heavy atom. The number of benzene rings is 1. The predicted molar refractivity (Wildman–Crippen MR) is 89.5 cm³/mol. The summed E-state index contributed by atoms with van der Waals surface area (Å²) >= 11 is 0. The maximum absolute atomic E-state index is 13.3. The van der Waals surface area contributed by atoms with Crippen molar-refractivity contribution in [2.45, 2.75) is 25.3 Å². The Kier molecular flexibility index (Phi) is 5.38. The molecule has 1 fully saturated rings. The minimum absolute atomic E-state index is 0. The number of nitrogens with zero attached hydrogens (tertiary/aromatic N) is 1. The van der Waals surface area contributed by atoms with E-state index in [1.54, 1.807) is 4.90 Å². The minimum atomic E-state index is -0.453. The Morgan fingerprint density at radius 2 is 2.13 bits per heavy atom. The molecule has 2 aromatic rings. The van der Waals surface area contributed by atoms with E-state index in [4.69, 9.17) is 5.73 Å². The first-order valence-corrected chi connectivity index (χ1v) is 7.44. The van der Waals surface area contributed by atoms with Gasteiger partial charge in [-0.3, -0.25) is 9.59 Å². The van der Waals surface area contributed by atoms with Gasteiger partial charge in [0, 0.05) is 30.6 Å². The quantitative estimate of drug-likeness (QED) is 0.878. The highest BCUT2D eigenvalue weighted by molar-refractivity contribution is 6.06. The van der Waals surface area contributed by atoms with Crippen molar-refractivity contribution in [3.63, 3.8) is 0 Å². The highest BCUT2D eigenvalue weighted by atomic mass is 35.5. The highest BCUT2D eigenvalue weighted by Crippen LogP contribution is 2.22. The summed E-state index contributed by atoms with van der Waals surface area (Å²) in [5.41, 5.74) is 5.98. The summed E-state index contributed by atoms with van der Waals surface area (Å²) in [7, 11) is 0. The van der Waals surface area contributed by atoms with Crippen molar-refractivity contribution in [3.05, 3.63) is 46.0 Å². The molecule has 124 valence electrons. The molecule has 7 heteroatoms. The first kappa shape index (κ1) is 17.4. The zero-order valence-corrected chi connectivity index (χ0v) is 13.4.